The monoisotopic (exact) mass is 333 g/mol. The molecule has 4 N–H and O–H groups in total. The van der Waals surface area contributed by atoms with E-state index < -0.39 is 17.8 Å². The summed E-state index contributed by atoms with van der Waals surface area (Å²) in [6.45, 7) is 3.16. The molecule has 0 radical (unpaired) electrons. The number of rotatable bonds is 5. The summed E-state index contributed by atoms with van der Waals surface area (Å²) in [6, 6.07) is 6.71. The smallest absolute Gasteiger partial charge is 0.317 e. The van der Waals surface area contributed by atoms with Gasteiger partial charge >= 0.3 is 12.0 Å². The van der Waals surface area contributed by atoms with Crippen LogP contribution in [0.15, 0.2) is 24.3 Å². The van der Waals surface area contributed by atoms with Crippen LogP contribution in [0.1, 0.15) is 29.3 Å². The SMILES string of the molecule is CC1CC(C(=O)O)CN(C(=O)NCCc2cccc(C(N)=O)c2)C1. The van der Waals surface area contributed by atoms with Gasteiger partial charge in [-0.05, 0) is 36.5 Å². The normalized spacial score (nSPS) is 20.5. The first kappa shape index (κ1) is 17.8. The van der Waals surface area contributed by atoms with E-state index >= 15 is 0 Å². The van der Waals surface area contributed by atoms with Gasteiger partial charge in [0.15, 0.2) is 0 Å². The molecule has 1 aromatic rings. The van der Waals surface area contributed by atoms with E-state index in [0.717, 1.165) is 5.56 Å². The Morgan fingerprint density at radius 2 is 2.08 bits per heavy atom. The van der Waals surface area contributed by atoms with Gasteiger partial charge in [0.25, 0.3) is 0 Å². The van der Waals surface area contributed by atoms with Crippen molar-refractivity contribution in [3.63, 3.8) is 0 Å². The topological polar surface area (TPSA) is 113 Å². The fourth-order valence-electron chi connectivity index (χ4n) is 3.00. The highest BCUT2D eigenvalue weighted by molar-refractivity contribution is 5.92. The molecule has 0 spiro atoms. The Labute approximate surface area is 140 Å². The molecule has 1 fully saturated rings. The van der Waals surface area contributed by atoms with E-state index in [1.165, 1.54) is 0 Å². The number of carbonyl (C=O) groups excluding carboxylic acids is 2. The first-order chi connectivity index (χ1) is 11.4. The van der Waals surface area contributed by atoms with Crippen molar-refractivity contribution in [2.45, 2.75) is 19.8 Å². The Morgan fingerprint density at radius 1 is 1.33 bits per heavy atom. The van der Waals surface area contributed by atoms with Crippen molar-refractivity contribution in [1.82, 2.24) is 10.2 Å². The Balaban J connectivity index is 1.85. The molecular weight excluding hydrogens is 310 g/mol. The number of urea groups is 1. The van der Waals surface area contributed by atoms with E-state index in [1.54, 1.807) is 23.1 Å². The van der Waals surface area contributed by atoms with Crippen LogP contribution in [0.4, 0.5) is 4.79 Å². The number of carboxylic acid groups (broad SMARTS) is 1. The van der Waals surface area contributed by atoms with Gasteiger partial charge < -0.3 is 21.1 Å². The molecule has 7 heteroatoms. The van der Waals surface area contributed by atoms with Crippen LogP contribution in [-0.4, -0.2) is 47.5 Å². The van der Waals surface area contributed by atoms with Crippen molar-refractivity contribution >= 4 is 17.9 Å². The summed E-state index contributed by atoms with van der Waals surface area (Å²) in [6.07, 6.45) is 1.16. The predicted octanol–water partition coefficient (Wildman–Crippen LogP) is 1.08. The number of hydrogen-bond acceptors (Lipinski definition) is 3. The molecule has 2 unspecified atom stereocenters. The van der Waals surface area contributed by atoms with Crippen molar-refractivity contribution in [2.75, 3.05) is 19.6 Å². The first-order valence-corrected chi connectivity index (χ1v) is 8.01. The zero-order chi connectivity index (χ0) is 17.7. The van der Waals surface area contributed by atoms with Crippen LogP contribution in [-0.2, 0) is 11.2 Å². The van der Waals surface area contributed by atoms with Gasteiger partial charge in [0.2, 0.25) is 5.91 Å². The van der Waals surface area contributed by atoms with E-state index in [-0.39, 0.29) is 18.5 Å². The van der Waals surface area contributed by atoms with Crippen LogP contribution >= 0.6 is 0 Å². The minimum absolute atomic E-state index is 0.165. The van der Waals surface area contributed by atoms with Gasteiger partial charge in [-0.2, -0.15) is 0 Å². The van der Waals surface area contributed by atoms with Crippen LogP contribution < -0.4 is 11.1 Å². The summed E-state index contributed by atoms with van der Waals surface area (Å²) < 4.78 is 0. The largest absolute Gasteiger partial charge is 0.481 e. The highest BCUT2D eigenvalue weighted by Gasteiger charge is 2.31. The second-order valence-electron chi connectivity index (χ2n) is 6.33. The maximum atomic E-state index is 12.2. The number of nitrogens with zero attached hydrogens (tertiary/aromatic N) is 1. The summed E-state index contributed by atoms with van der Waals surface area (Å²) in [4.78, 5) is 36.1. The van der Waals surface area contributed by atoms with Gasteiger partial charge in [-0.3, -0.25) is 9.59 Å². The van der Waals surface area contributed by atoms with Crippen molar-refractivity contribution in [1.29, 1.82) is 0 Å². The van der Waals surface area contributed by atoms with Gasteiger partial charge in [-0.15, -0.1) is 0 Å². The average molecular weight is 333 g/mol. The van der Waals surface area contributed by atoms with Gasteiger partial charge in [0, 0.05) is 25.2 Å². The van der Waals surface area contributed by atoms with Crippen LogP contribution in [0, 0.1) is 11.8 Å². The fourth-order valence-corrected chi connectivity index (χ4v) is 3.00. The summed E-state index contributed by atoms with van der Waals surface area (Å²) in [5, 5.41) is 12.0. The Morgan fingerprint density at radius 3 is 2.75 bits per heavy atom. The molecule has 24 heavy (non-hydrogen) atoms. The van der Waals surface area contributed by atoms with Gasteiger partial charge in [0.1, 0.15) is 0 Å². The van der Waals surface area contributed by atoms with Crippen LogP contribution in [0.2, 0.25) is 0 Å². The summed E-state index contributed by atoms with van der Waals surface area (Å²) in [5.41, 5.74) is 6.59. The van der Waals surface area contributed by atoms with E-state index in [9.17, 15) is 14.4 Å². The van der Waals surface area contributed by atoms with Crippen LogP contribution in [0.5, 0.6) is 0 Å². The number of primary amides is 1. The number of benzene rings is 1. The number of carbonyl (C=O) groups is 3. The molecule has 0 aromatic heterocycles. The van der Waals surface area contributed by atoms with Crippen molar-refractivity contribution in [3.8, 4) is 0 Å². The third kappa shape index (κ3) is 4.71. The minimum atomic E-state index is -0.859. The Kier molecular flexibility index (Phi) is 5.78. The van der Waals surface area contributed by atoms with E-state index in [0.29, 0.717) is 31.5 Å². The summed E-state index contributed by atoms with van der Waals surface area (Å²) >= 11 is 0. The molecule has 3 amide bonds. The molecule has 1 saturated heterocycles. The Bertz CT molecular complexity index is 632. The van der Waals surface area contributed by atoms with E-state index in [4.69, 9.17) is 10.8 Å². The lowest BCUT2D eigenvalue weighted by atomic mass is 9.91. The van der Waals surface area contributed by atoms with Crippen LogP contribution in [0.3, 0.4) is 0 Å². The number of likely N-dealkylation sites (tertiary alicyclic amines) is 1. The standard InChI is InChI=1S/C17H23N3O4/c1-11-7-14(16(22)23)10-20(9-11)17(24)19-6-5-12-3-2-4-13(8-12)15(18)21/h2-4,8,11,14H,5-7,9-10H2,1H3,(H2,18,21)(H,19,24)(H,22,23). The van der Waals surface area contributed by atoms with Crippen LogP contribution in [0.25, 0.3) is 0 Å². The molecule has 1 aliphatic heterocycles. The van der Waals surface area contributed by atoms with Gasteiger partial charge in [-0.25, -0.2) is 4.79 Å². The maximum absolute atomic E-state index is 12.2. The van der Waals surface area contributed by atoms with Crippen molar-refractivity contribution in [3.05, 3.63) is 35.4 Å². The second kappa shape index (κ2) is 7.81. The molecule has 2 atom stereocenters. The lowest BCUT2D eigenvalue weighted by Gasteiger charge is -2.34. The fraction of sp³-hybridized carbons (Fsp3) is 0.471. The molecule has 1 aromatic carbocycles. The third-order valence-electron chi connectivity index (χ3n) is 4.20. The van der Waals surface area contributed by atoms with Gasteiger partial charge in [0.05, 0.1) is 5.92 Å². The predicted molar refractivity (Wildman–Crippen MR) is 88.5 cm³/mol. The zero-order valence-electron chi connectivity index (χ0n) is 13.7. The molecular formula is C17H23N3O4. The number of hydrogen-bond donors (Lipinski definition) is 3. The van der Waals surface area contributed by atoms with Crippen molar-refractivity contribution < 1.29 is 19.5 Å². The second-order valence-corrected chi connectivity index (χ2v) is 6.33. The van der Waals surface area contributed by atoms with Gasteiger partial charge in [-0.1, -0.05) is 19.1 Å². The molecule has 2 rings (SSSR count). The quantitative estimate of drug-likeness (QED) is 0.748. The number of aliphatic carboxylic acids is 1. The molecule has 0 bridgehead atoms. The molecule has 130 valence electrons. The summed E-state index contributed by atoms with van der Waals surface area (Å²) in [5.74, 6) is -1.69. The molecule has 0 saturated carbocycles. The number of amides is 3. The molecule has 1 aliphatic rings. The number of piperidine rings is 1. The van der Waals surface area contributed by atoms with Crippen molar-refractivity contribution in [2.24, 2.45) is 17.6 Å². The van der Waals surface area contributed by atoms with E-state index in [2.05, 4.69) is 5.32 Å². The lowest BCUT2D eigenvalue weighted by Crippen LogP contribution is -2.49. The van der Waals surface area contributed by atoms with E-state index in [1.807, 2.05) is 13.0 Å². The number of nitrogens with two attached hydrogens (primary N) is 1. The maximum Gasteiger partial charge on any atom is 0.317 e. The number of nitrogens with one attached hydrogen (secondary N) is 1. The molecule has 1 heterocycles. The molecule has 7 nitrogen and oxygen atoms in total. The highest BCUT2D eigenvalue weighted by atomic mass is 16.4. The highest BCUT2D eigenvalue weighted by Crippen LogP contribution is 2.21. The average Bonchev–Trinajstić information content (AvgIpc) is 2.54. The third-order valence-corrected chi connectivity index (χ3v) is 4.20. The first-order valence-electron chi connectivity index (χ1n) is 8.01. The zero-order valence-corrected chi connectivity index (χ0v) is 13.7. The molecule has 0 aliphatic carbocycles. The minimum Gasteiger partial charge on any atom is -0.481 e. The summed E-state index contributed by atoms with van der Waals surface area (Å²) in [7, 11) is 0. The Hall–Kier alpha value is -2.57. The lowest BCUT2D eigenvalue weighted by molar-refractivity contribution is -0.143. The number of carboxylic acids is 1.